The molecule has 1 fully saturated rings. The largest absolute Gasteiger partial charge is 0.314 e. The maximum absolute atomic E-state index is 13.4. The van der Waals surface area contributed by atoms with E-state index in [9.17, 15) is 8.78 Å². The zero-order valence-corrected chi connectivity index (χ0v) is 9.47. The van der Waals surface area contributed by atoms with Crippen LogP contribution in [0.5, 0.6) is 0 Å². The van der Waals surface area contributed by atoms with Gasteiger partial charge in [0.2, 0.25) is 0 Å². The zero-order chi connectivity index (χ0) is 11.5. The van der Waals surface area contributed by atoms with Gasteiger partial charge in [0.15, 0.2) is 0 Å². The van der Waals surface area contributed by atoms with Gasteiger partial charge in [0, 0.05) is 11.6 Å². The molecular formula is C13H17F2N. The maximum Gasteiger partial charge on any atom is 0.129 e. The highest BCUT2D eigenvalue weighted by atomic mass is 19.1. The molecule has 3 heteroatoms. The van der Waals surface area contributed by atoms with E-state index >= 15 is 0 Å². The Morgan fingerprint density at radius 3 is 2.50 bits per heavy atom. The fraction of sp³-hybridized carbons (Fsp3) is 0.538. The van der Waals surface area contributed by atoms with Gasteiger partial charge in [0.1, 0.15) is 11.6 Å². The SMILES string of the molecule is CC(CCNC1CC1)c1c(F)cccc1F. The summed E-state index contributed by atoms with van der Waals surface area (Å²) in [6.07, 6.45) is 3.25. The van der Waals surface area contributed by atoms with Crippen LogP contribution >= 0.6 is 0 Å². The van der Waals surface area contributed by atoms with Crippen LogP contribution in [0.4, 0.5) is 8.78 Å². The second-order valence-electron chi connectivity index (χ2n) is 4.55. The number of hydrogen-bond donors (Lipinski definition) is 1. The number of halogens is 2. The summed E-state index contributed by atoms with van der Waals surface area (Å²) in [4.78, 5) is 0. The van der Waals surface area contributed by atoms with Crippen LogP contribution in [-0.4, -0.2) is 12.6 Å². The lowest BCUT2D eigenvalue weighted by Crippen LogP contribution is -2.19. The average Bonchev–Trinajstić information content (AvgIpc) is 3.01. The Bertz CT molecular complexity index is 341. The van der Waals surface area contributed by atoms with Crippen molar-refractivity contribution < 1.29 is 8.78 Å². The van der Waals surface area contributed by atoms with E-state index < -0.39 is 11.6 Å². The molecule has 1 saturated carbocycles. The molecule has 1 aromatic carbocycles. The van der Waals surface area contributed by atoms with Gasteiger partial charge in [-0.15, -0.1) is 0 Å². The van der Waals surface area contributed by atoms with E-state index in [2.05, 4.69) is 5.32 Å². The van der Waals surface area contributed by atoms with Gasteiger partial charge >= 0.3 is 0 Å². The molecule has 0 saturated heterocycles. The summed E-state index contributed by atoms with van der Waals surface area (Å²) < 4.78 is 26.9. The average molecular weight is 225 g/mol. The third-order valence-corrected chi connectivity index (χ3v) is 3.08. The molecule has 16 heavy (non-hydrogen) atoms. The van der Waals surface area contributed by atoms with Gasteiger partial charge in [0.25, 0.3) is 0 Å². The van der Waals surface area contributed by atoms with Crippen LogP contribution in [0.3, 0.4) is 0 Å². The summed E-state index contributed by atoms with van der Waals surface area (Å²) in [5.74, 6) is -0.940. The van der Waals surface area contributed by atoms with Gasteiger partial charge in [0.05, 0.1) is 0 Å². The van der Waals surface area contributed by atoms with Gasteiger partial charge in [-0.1, -0.05) is 13.0 Å². The predicted molar refractivity (Wildman–Crippen MR) is 60.4 cm³/mol. The molecule has 0 aromatic heterocycles. The Balaban J connectivity index is 1.93. The standard InChI is InChI=1S/C13H17F2N/c1-9(7-8-16-10-5-6-10)13-11(14)3-2-4-12(13)15/h2-4,9-10,16H,5-8H2,1H3. The molecule has 2 rings (SSSR count). The third kappa shape index (κ3) is 2.79. The van der Waals surface area contributed by atoms with E-state index in [1.54, 1.807) is 0 Å². The number of benzene rings is 1. The highest BCUT2D eigenvalue weighted by Gasteiger charge is 2.21. The first-order valence-electron chi connectivity index (χ1n) is 5.85. The first-order valence-corrected chi connectivity index (χ1v) is 5.85. The van der Waals surface area contributed by atoms with E-state index in [0.717, 1.165) is 13.0 Å². The lowest BCUT2D eigenvalue weighted by molar-refractivity contribution is 0.509. The van der Waals surface area contributed by atoms with Gasteiger partial charge in [-0.25, -0.2) is 8.78 Å². The molecule has 1 N–H and O–H groups in total. The molecule has 1 unspecified atom stereocenters. The third-order valence-electron chi connectivity index (χ3n) is 3.08. The minimum absolute atomic E-state index is 0.0764. The van der Waals surface area contributed by atoms with Crippen LogP contribution in [0.2, 0.25) is 0 Å². The summed E-state index contributed by atoms with van der Waals surface area (Å²) in [5.41, 5.74) is 0.222. The first kappa shape index (κ1) is 11.5. The maximum atomic E-state index is 13.4. The van der Waals surface area contributed by atoms with Gasteiger partial charge < -0.3 is 5.32 Å². The Kier molecular flexibility index (Phi) is 3.54. The molecule has 1 aliphatic carbocycles. The predicted octanol–water partition coefficient (Wildman–Crippen LogP) is 3.21. The summed E-state index contributed by atoms with van der Waals surface area (Å²) in [5, 5.41) is 3.35. The van der Waals surface area contributed by atoms with Gasteiger partial charge in [-0.05, 0) is 43.9 Å². The summed E-state index contributed by atoms with van der Waals surface area (Å²) in [6, 6.07) is 4.70. The van der Waals surface area contributed by atoms with Crippen molar-refractivity contribution in [3.05, 3.63) is 35.4 Å². The molecule has 0 spiro atoms. The van der Waals surface area contributed by atoms with Crippen LogP contribution in [0, 0.1) is 11.6 Å². The van der Waals surface area contributed by atoms with Crippen molar-refractivity contribution in [3.8, 4) is 0 Å². The molecule has 0 bridgehead atoms. The zero-order valence-electron chi connectivity index (χ0n) is 9.47. The summed E-state index contributed by atoms with van der Waals surface area (Å²) in [7, 11) is 0. The van der Waals surface area contributed by atoms with Crippen LogP contribution < -0.4 is 5.32 Å². The number of rotatable bonds is 5. The molecule has 0 heterocycles. The highest BCUT2D eigenvalue weighted by molar-refractivity contribution is 5.23. The molecule has 1 nitrogen and oxygen atoms in total. The Morgan fingerprint density at radius 1 is 1.31 bits per heavy atom. The van der Waals surface area contributed by atoms with E-state index in [-0.39, 0.29) is 11.5 Å². The first-order chi connectivity index (χ1) is 7.68. The Hall–Kier alpha value is -0.960. The van der Waals surface area contributed by atoms with Crippen LogP contribution in [0.25, 0.3) is 0 Å². The summed E-state index contributed by atoms with van der Waals surface area (Å²) in [6.45, 7) is 2.70. The minimum Gasteiger partial charge on any atom is -0.314 e. The van der Waals surface area contributed by atoms with E-state index in [1.807, 2.05) is 6.92 Å². The lowest BCUT2D eigenvalue weighted by atomic mass is 9.96. The number of hydrogen-bond acceptors (Lipinski definition) is 1. The molecule has 1 aromatic rings. The quantitative estimate of drug-likeness (QED) is 0.811. The molecule has 0 aliphatic heterocycles. The lowest BCUT2D eigenvalue weighted by Gasteiger charge is -2.14. The van der Waals surface area contributed by atoms with Crippen molar-refractivity contribution in [1.82, 2.24) is 5.32 Å². The molecule has 88 valence electrons. The Morgan fingerprint density at radius 2 is 1.94 bits per heavy atom. The van der Waals surface area contributed by atoms with Crippen molar-refractivity contribution in [1.29, 1.82) is 0 Å². The van der Waals surface area contributed by atoms with Gasteiger partial charge in [-0.2, -0.15) is 0 Å². The van der Waals surface area contributed by atoms with E-state index in [4.69, 9.17) is 0 Å². The summed E-state index contributed by atoms with van der Waals surface area (Å²) >= 11 is 0. The van der Waals surface area contributed by atoms with Crippen molar-refractivity contribution >= 4 is 0 Å². The normalized spacial score (nSPS) is 17.4. The van der Waals surface area contributed by atoms with Crippen LogP contribution in [0.1, 0.15) is 37.7 Å². The fourth-order valence-corrected chi connectivity index (χ4v) is 1.92. The topological polar surface area (TPSA) is 12.0 Å². The van der Waals surface area contributed by atoms with Crippen molar-refractivity contribution in [2.24, 2.45) is 0 Å². The van der Waals surface area contributed by atoms with Crippen molar-refractivity contribution in [2.45, 2.75) is 38.1 Å². The monoisotopic (exact) mass is 225 g/mol. The highest BCUT2D eigenvalue weighted by Crippen LogP contribution is 2.25. The second kappa shape index (κ2) is 4.91. The van der Waals surface area contributed by atoms with Gasteiger partial charge in [-0.3, -0.25) is 0 Å². The molecule has 0 radical (unpaired) electrons. The van der Waals surface area contributed by atoms with Crippen molar-refractivity contribution in [3.63, 3.8) is 0 Å². The number of nitrogens with one attached hydrogen (secondary N) is 1. The molecule has 1 atom stereocenters. The molecule has 1 aliphatic rings. The molecule has 0 amide bonds. The second-order valence-corrected chi connectivity index (χ2v) is 4.55. The molecular weight excluding hydrogens is 208 g/mol. The van der Waals surface area contributed by atoms with Crippen LogP contribution in [0.15, 0.2) is 18.2 Å². The van der Waals surface area contributed by atoms with E-state index in [1.165, 1.54) is 31.0 Å². The van der Waals surface area contributed by atoms with Crippen LogP contribution in [-0.2, 0) is 0 Å². The minimum atomic E-state index is -0.432. The Labute approximate surface area is 94.9 Å². The van der Waals surface area contributed by atoms with Crippen molar-refractivity contribution in [2.75, 3.05) is 6.54 Å². The fourth-order valence-electron chi connectivity index (χ4n) is 1.92. The van der Waals surface area contributed by atoms with E-state index in [0.29, 0.717) is 6.04 Å². The smallest absolute Gasteiger partial charge is 0.129 e.